The summed E-state index contributed by atoms with van der Waals surface area (Å²) in [5.74, 6) is 2.40. The van der Waals surface area contributed by atoms with Crippen LogP contribution in [-0.2, 0) is 0 Å². The predicted octanol–water partition coefficient (Wildman–Crippen LogP) is 2.50. The fraction of sp³-hybridized carbons (Fsp3) is 0.350. The first kappa shape index (κ1) is 17.1. The van der Waals surface area contributed by atoms with E-state index in [1.165, 1.54) is 0 Å². The van der Waals surface area contributed by atoms with Gasteiger partial charge in [-0.3, -0.25) is 4.79 Å². The second-order valence-electron chi connectivity index (χ2n) is 6.88. The minimum atomic E-state index is -0.452. The fourth-order valence-electron chi connectivity index (χ4n) is 3.29. The molecule has 0 aliphatic carbocycles. The van der Waals surface area contributed by atoms with Gasteiger partial charge >= 0.3 is 0 Å². The van der Waals surface area contributed by atoms with E-state index in [4.69, 9.17) is 6.42 Å². The molecule has 1 saturated heterocycles. The lowest BCUT2D eigenvalue weighted by Crippen LogP contribution is -2.54. The van der Waals surface area contributed by atoms with E-state index in [0.29, 0.717) is 25.1 Å². The van der Waals surface area contributed by atoms with Crippen LogP contribution in [0, 0.1) is 12.3 Å². The first-order valence-corrected chi connectivity index (χ1v) is 8.31. The van der Waals surface area contributed by atoms with Crippen molar-refractivity contribution in [2.45, 2.75) is 38.3 Å². The summed E-state index contributed by atoms with van der Waals surface area (Å²) in [6.45, 7) is 4.35. The van der Waals surface area contributed by atoms with Crippen molar-refractivity contribution in [2.24, 2.45) is 0 Å². The van der Waals surface area contributed by atoms with E-state index in [1.54, 1.807) is 11.1 Å². The van der Waals surface area contributed by atoms with Gasteiger partial charge in [-0.2, -0.15) is 0 Å². The third kappa shape index (κ3) is 3.40. The zero-order valence-electron chi connectivity index (χ0n) is 14.4. The molecule has 1 aromatic carbocycles. The van der Waals surface area contributed by atoms with Crippen molar-refractivity contribution in [1.82, 2.24) is 14.9 Å². The van der Waals surface area contributed by atoms with Crippen LogP contribution in [-0.4, -0.2) is 44.1 Å². The van der Waals surface area contributed by atoms with Crippen LogP contribution in [0.4, 0.5) is 0 Å². The number of aromatic nitrogens is 2. The highest BCUT2D eigenvalue weighted by Gasteiger charge is 2.38. The molecule has 0 bridgehead atoms. The number of aliphatic hydroxyl groups is 1. The molecule has 25 heavy (non-hydrogen) atoms. The van der Waals surface area contributed by atoms with Crippen LogP contribution < -0.4 is 0 Å². The number of terminal acetylenes is 1. The molecule has 1 aromatic heterocycles. The molecule has 1 fully saturated rings. The summed E-state index contributed by atoms with van der Waals surface area (Å²) in [5, 5.41) is 9.86. The molecule has 1 unspecified atom stereocenters. The quantitative estimate of drug-likeness (QED) is 0.857. The van der Waals surface area contributed by atoms with Crippen LogP contribution in [0.2, 0.25) is 0 Å². The van der Waals surface area contributed by atoms with Gasteiger partial charge in [0.05, 0.1) is 6.10 Å². The Morgan fingerprint density at radius 3 is 2.72 bits per heavy atom. The number of rotatable bonds is 2. The van der Waals surface area contributed by atoms with Gasteiger partial charge in [-0.1, -0.05) is 30.3 Å². The molecule has 128 valence electrons. The molecular formula is C20H21N3O2. The Labute approximate surface area is 147 Å². The van der Waals surface area contributed by atoms with Gasteiger partial charge in [0.2, 0.25) is 5.82 Å². The monoisotopic (exact) mass is 335 g/mol. The first-order chi connectivity index (χ1) is 11.9. The highest BCUT2D eigenvalue weighted by atomic mass is 16.3. The Morgan fingerprint density at radius 2 is 2.08 bits per heavy atom. The highest BCUT2D eigenvalue weighted by molar-refractivity contribution is 5.91. The molecular weight excluding hydrogens is 314 g/mol. The molecule has 1 aliphatic rings. The van der Waals surface area contributed by atoms with Crippen molar-refractivity contribution < 1.29 is 9.90 Å². The average Bonchev–Trinajstić information content (AvgIpc) is 2.60. The number of carbonyl (C=O) groups excluding carboxylic acids is 1. The van der Waals surface area contributed by atoms with Gasteiger partial charge in [-0.15, -0.1) is 6.42 Å². The number of likely N-dealkylation sites (tertiary alicyclic amines) is 1. The third-order valence-electron chi connectivity index (χ3n) is 4.60. The molecule has 1 aliphatic heterocycles. The van der Waals surface area contributed by atoms with Crippen LogP contribution in [0.1, 0.15) is 43.0 Å². The van der Waals surface area contributed by atoms with Gasteiger partial charge in [-0.25, -0.2) is 9.97 Å². The molecule has 5 heteroatoms. The Bertz CT molecular complexity index is 825. The van der Waals surface area contributed by atoms with Gasteiger partial charge in [0, 0.05) is 23.8 Å². The fourth-order valence-corrected chi connectivity index (χ4v) is 3.29. The summed E-state index contributed by atoms with van der Waals surface area (Å²) in [7, 11) is 0. The summed E-state index contributed by atoms with van der Waals surface area (Å²) in [6, 6.07) is 9.60. The van der Waals surface area contributed by atoms with Crippen molar-refractivity contribution in [3.8, 4) is 23.5 Å². The minimum Gasteiger partial charge on any atom is -0.393 e. The maximum Gasteiger partial charge on any atom is 0.292 e. The number of benzene rings is 1. The summed E-state index contributed by atoms with van der Waals surface area (Å²) in [5.41, 5.74) is 1.59. The van der Waals surface area contributed by atoms with Crippen molar-refractivity contribution >= 4 is 5.91 Å². The average molecular weight is 335 g/mol. The molecule has 3 rings (SSSR count). The topological polar surface area (TPSA) is 66.3 Å². The summed E-state index contributed by atoms with van der Waals surface area (Å²) >= 11 is 0. The Morgan fingerprint density at radius 1 is 1.36 bits per heavy atom. The number of piperidine rings is 1. The molecule has 2 aromatic rings. The van der Waals surface area contributed by atoms with Gasteiger partial charge in [0.1, 0.15) is 5.69 Å². The second kappa shape index (κ2) is 6.66. The highest BCUT2D eigenvalue weighted by Crippen LogP contribution is 2.29. The number of nitrogens with zero attached hydrogens (tertiary/aromatic N) is 3. The third-order valence-corrected chi connectivity index (χ3v) is 4.60. The summed E-state index contributed by atoms with van der Waals surface area (Å²) in [4.78, 5) is 23.2. The van der Waals surface area contributed by atoms with E-state index >= 15 is 0 Å². The van der Waals surface area contributed by atoms with Gasteiger partial charge in [0.15, 0.2) is 0 Å². The van der Waals surface area contributed by atoms with Crippen molar-refractivity contribution in [3.63, 3.8) is 0 Å². The largest absolute Gasteiger partial charge is 0.393 e. The maximum atomic E-state index is 12.9. The van der Waals surface area contributed by atoms with E-state index in [9.17, 15) is 9.90 Å². The van der Waals surface area contributed by atoms with Crippen molar-refractivity contribution in [1.29, 1.82) is 0 Å². The SMILES string of the molecule is C#Cc1nc(C(=O)N2CCC(O)CC2(C)C)ncc1-c1ccccc1. The van der Waals surface area contributed by atoms with E-state index in [-0.39, 0.29) is 17.8 Å². The number of aliphatic hydroxyl groups excluding tert-OH is 1. The molecule has 1 amide bonds. The van der Waals surface area contributed by atoms with Gasteiger partial charge < -0.3 is 10.0 Å². The maximum absolute atomic E-state index is 12.9. The molecule has 1 atom stereocenters. The van der Waals surface area contributed by atoms with Gasteiger partial charge in [-0.05, 0) is 38.2 Å². The summed E-state index contributed by atoms with van der Waals surface area (Å²) in [6.07, 6.45) is 7.91. The van der Waals surface area contributed by atoms with Crippen LogP contribution >= 0.6 is 0 Å². The number of carbonyl (C=O) groups is 1. The van der Waals surface area contributed by atoms with Crippen LogP contribution in [0.15, 0.2) is 36.5 Å². The van der Waals surface area contributed by atoms with E-state index in [0.717, 1.165) is 11.1 Å². The van der Waals surface area contributed by atoms with E-state index in [2.05, 4.69) is 15.9 Å². The predicted molar refractivity (Wildman–Crippen MR) is 95.8 cm³/mol. The van der Waals surface area contributed by atoms with E-state index in [1.807, 2.05) is 44.2 Å². The Kier molecular flexibility index (Phi) is 4.56. The number of hydrogen-bond acceptors (Lipinski definition) is 4. The molecule has 0 radical (unpaired) electrons. The van der Waals surface area contributed by atoms with Gasteiger partial charge in [0.25, 0.3) is 5.91 Å². The normalized spacial score (nSPS) is 19.3. The Hall–Kier alpha value is -2.71. The van der Waals surface area contributed by atoms with Crippen LogP contribution in [0.5, 0.6) is 0 Å². The number of amides is 1. The smallest absolute Gasteiger partial charge is 0.292 e. The lowest BCUT2D eigenvalue weighted by molar-refractivity contribution is 0.00251. The first-order valence-electron chi connectivity index (χ1n) is 8.31. The standard InChI is InChI=1S/C20H21N3O2/c1-4-17-16(14-8-6-5-7-9-14)13-21-18(22-17)19(25)23-11-10-15(24)12-20(23,2)3/h1,5-9,13,15,24H,10-12H2,2-3H3. The number of hydrogen-bond donors (Lipinski definition) is 1. The minimum absolute atomic E-state index is 0.0945. The van der Waals surface area contributed by atoms with Crippen LogP contribution in [0.3, 0.4) is 0 Å². The zero-order chi connectivity index (χ0) is 18.0. The second-order valence-corrected chi connectivity index (χ2v) is 6.88. The Balaban J connectivity index is 1.94. The molecule has 5 nitrogen and oxygen atoms in total. The molecule has 0 spiro atoms. The molecule has 1 N–H and O–H groups in total. The van der Waals surface area contributed by atoms with E-state index < -0.39 is 5.54 Å². The lowest BCUT2D eigenvalue weighted by Gasteiger charge is -2.43. The van der Waals surface area contributed by atoms with Crippen molar-refractivity contribution in [2.75, 3.05) is 6.54 Å². The summed E-state index contributed by atoms with van der Waals surface area (Å²) < 4.78 is 0. The zero-order valence-corrected chi connectivity index (χ0v) is 14.4. The molecule has 2 heterocycles. The lowest BCUT2D eigenvalue weighted by atomic mass is 9.88. The van der Waals surface area contributed by atoms with Crippen molar-refractivity contribution in [3.05, 3.63) is 48.0 Å². The van der Waals surface area contributed by atoms with Crippen LogP contribution in [0.25, 0.3) is 11.1 Å². The molecule has 0 saturated carbocycles.